The van der Waals surface area contributed by atoms with Gasteiger partial charge in [-0.3, -0.25) is 0 Å². The van der Waals surface area contributed by atoms with Crippen LogP contribution in [0, 0.1) is 10.8 Å². The van der Waals surface area contributed by atoms with Crippen molar-refractivity contribution in [1.82, 2.24) is 0 Å². The molecule has 0 fully saturated rings. The number of hydrogen-bond acceptors (Lipinski definition) is 7. The molecule has 0 saturated carbocycles. The van der Waals surface area contributed by atoms with Crippen molar-refractivity contribution in [2.75, 3.05) is 52.9 Å². The standard InChI is InChI=1S/C10H22O7.6Y/c11-1-9(2-12,3-13)7-17-8-10(4-14,5-15)6-16;;;;;;/h11-16H,1-8H2;;;;;;. The van der Waals surface area contributed by atoms with Crippen LogP contribution in [0.25, 0.3) is 0 Å². The summed E-state index contributed by atoms with van der Waals surface area (Å²) >= 11 is 0. The van der Waals surface area contributed by atoms with E-state index in [4.69, 9.17) is 35.4 Å². The van der Waals surface area contributed by atoms with Crippen molar-refractivity contribution in [3.8, 4) is 0 Å². The normalized spacial score (nSPS) is 9.65. The Hall–Kier alpha value is 6.34. The molecule has 0 amide bonds. The van der Waals surface area contributed by atoms with E-state index in [1.807, 2.05) is 0 Å². The molecule has 13 heteroatoms. The monoisotopic (exact) mass is 788 g/mol. The Morgan fingerprint density at radius 2 is 0.609 bits per heavy atom. The van der Waals surface area contributed by atoms with Gasteiger partial charge in [-0.05, 0) is 0 Å². The Balaban J connectivity index is -0.0000000853. The first kappa shape index (κ1) is 47.2. The minimum atomic E-state index is -1.16. The van der Waals surface area contributed by atoms with Crippen molar-refractivity contribution in [2.24, 2.45) is 10.8 Å². The van der Waals surface area contributed by atoms with Gasteiger partial charge in [0.05, 0.1) is 63.7 Å². The average molecular weight is 788 g/mol. The molecule has 7 nitrogen and oxygen atoms in total. The van der Waals surface area contributed by atoms with Crippen LogP contribution >= 0.6 is 0 Å². The van der Waals surface area contributed by atoms with Crippen LogP contribution in [0.4, 0.5) is 0 Å². The molecule has 0 heterocycles. The maximum absolute atomic E-state index is 9.03. The van der Waals surface area contributed by atoms with E-state index >= 15 is 0 Å². The Bertz CT molecular complexity index is 172. The van der Waals surface area contributed by atoms with Crippen LogP contribution in [0.5, 0.6) is 0 Å². The van der Waals surface area contributed by atoms with Crippen molar-refractivity contribution >= 4 is 0 Å². The molecule has 0 aromatic heterocycles. The molecular formula is C10H22O7Y6. The Morgan fingerprint density at radius 1 is 0.435 bits per heavy atom. The zero-order chi connectivity index (χ0) is 13.4. The summed E-state index contributed by atoms with van der Waals surface area (Å²) in [6, 6.07) is 0. The van der Waals surface area contributed by atoms with Crippen molar-refractivity contribution in [3.05, 3.63) is 0 Å². The van der Waals surface area contributed by atoms with Gasteiger partial charge in [-0.15, -0.1) is 0 Å². The first-order chi connectivity index (χ1) is 8.07. The largest absolute Gasteiger partial charge is 0.396 e. The van der Waals surface area contributed by atoms with Crippen LogP contribution in [-0.2, 0) is 201 Å². The zero-order valence-corrected chi connectivity index (χ0v) is 30.2. The molecule has 0 spiro atoms. The van der Waals surface area contributed by atoms with Gasteiger partial charge in [0.25, 0.3) is 0 Å². The molecule has 0 atom stereocenters. The quantitative estimate of drug-likeness (QED) is 0.139. The van der Waals surface area contributed by atoms with Gasteiger partial charge in [-0.25, -0.2) is 0 Å². The predicted octanol–water partition coefficient (Wildman–Crippen LogP) is -3.09. The zero-order valence-electron chi connectivity index (χ0n) is 13.2. The summed E-state index contributed by atoms with van der Waals surface area (Å²) in [5.41, 5.74) is -2.32. The summed E-state index contributed by atoms with van der Waals surface area (Å²) in [7, 11) is 0. The van der Waals surface area contributed by atoms with E-state index in [9.17, 15) is 0 Å². The summed E-state index contributed by atoms with van der Waals surface area (Å²) in [6.07, 6.45) is 0. The van der Waals surface area contributed by atoms with Crippen molar-refractivity contribution in [3.63, 3.8) is 0 Å². The topological polar surface area (TPSA) is 131 Å². The number of aliphatic hydroxyl groups is 6. The Morgan fingerprint density at radius 3 is 0.739 bits per heavy atom. The molecule has 6 N–H and O–H groups in total. The fourth-order valence-electron chi connectivity index (χ4n) is 1.06. The van der Waals surface area contributed by atoms with Gasteiger partial charge in [-0.2, -0.15) is 0 Å². The minimum absolute atomic E-state index is 0. The summed E-state index contributed by atoms with van der Waals surface area (Å²) < 4.78 is 5.15. The molecule has 23 heavy (non-hydrogen) atoms. The molecule has 0 aromatic carbocycles. The van der Waals surface area contributed by atoms with Crippen LogP contribution < -0.4 is 0 Å². The Kier molecular flexibility index (Phi) is 58.2. The van der Waals surface area contributed by atoms with E-state index in [-0.39, 0.29) is 209 Å². The van der Waals surface area contributed by atoms with Crippen LogP contribution in [0.15, 0.2) is 0 Å². The van der Waals surface area contributed by atoms with E-state index in [0.29, 0.717) is 0 Å². The molecule has 0 unspecified atom stereocenters. The molecule has 0 bridgehead atoms. The molecular weight excluding hydrogens is 766 g/mol. The second-order valence-electron chi connectivity index (χ2n) is 4.44. The van der Waals surface area contributed by atoms with E-state index in [1.165, 1.54) is 0 Å². The van der Waals surface area contributed by atoms with Gasteiger partial charge in [0, 0.05) is 196 Å². The third-order valence-corrected chi connectivity index (χ3v) is 2.83. The third-order valence-electron chi connectivity index (χ3n) is 2.83. The molecule has 0 aromatic rings. The van der Waals surface area contributed by atoms with E-state index < -0.39 is 50.5 Å². The van der Waals surface area contributed by atoms with Gasteiger partial charge in [-0.1, -0.05) is 0 Å². The first-order valence-corrected chi connectivity index (χ1v) is 5.30. The maximum atomic E-state index is 9.03. The predicted molar refractivity (Wildman–Crippen MR) is 58.2 cm³/mol. The fourth-order valence-corrected chi connectivity index (χ4v) is 1.06. The molecule has 0 aliphatic carbocycles. The van der Waals surface area contributed by atoms with Crippen LogP contribution in [0.3, 0.4) is 0 Å². The fraction of sp³-hybridized carbons (Fsp3) is 1.00. The number of rotatable bonds is 10. The molecule has 6 radical (unpaired) electrons. The molecule has 0 rings (SSSR count). The second kappa shape index (κ2) is 28.3. The SMILES string of the molecule is OCC(CO)(CO)COCC(CO)(CO)CO.[Y].[Y].[Y].[Y].[Y].[Y]. The first-order valence-electron chi connectivity index (χ1n) is 5.30. The number of aliphatic hydroxyl groups excluding tert-OH is 6. The second-order valence-corrected chi connectivity index (χ2v) is 4.44. The van der Waals surface area contributed by atoms with Crippen molar-refractivity contribution in [1.29, 1.82) is 0 Å². The summed E-state index contributed by atoms with van der Waals surface area (Å²) in [5, 5.41) is 54.2. The summed E-state index contributed by atoms with van der Waals surface area (Å²) in [4.78, 5) is 0. The van der Waals surface area contributed by atoms with Gasteiger partial charge >= 0.3 is 0 Å². The van der Waals surface area contributed by atoms with Gasteiger partial charge in [0.15, 0.2) is 0 Å². The molecule has 0 aliphatic rings. The molecule has 0 saturated heterocycles. The average Bonchev–Trinajstić information content (AvgIpc) is 2.41. The van der Waals surface area contributed by atoms with E-state index in [2.05, 4.69) is 0 Å². The van der Waals surface area contributed by atoms with Crippen molar-refractivity contribution < 1.29 is 232 Å². The summed E-state index contributed by atoms with van der Waals surface area (Å²) in [5.74, 6) is 0. The number of hydrogen-bond donors (Lipinski definition) is 6. The van der Waals surface area contributed by atoms with Crippen LogP contribution in [-0.4, -0.2) is 83.5 Å². The van der Waals surface area contributed by atoms with Gasteiger partial charge < -0.3 is 35.4 Å². The van der Waals surface area contributed by atoms with E-state index in [1.54, 1.807) is 0 Å². The van der Waals surface area contributed by atoms with Crippen LogP contribution in [0.1, 0.15) is 0 Å². The molecule has 122 valence electrons. The van der Waals surface area contributed by atoms with Crippen LogP contribution in [0.2, 0.25) is 0 Å². The molecule has 0 aliphatic heterocycles. The van der Waals surface area contributed by atoms with E-state index in [0.717, 1.165) is 0 Å². The Labute approximate surface area is 288 Å². The maximum Gasteiger partial charge on any atom is 0.0629 e. The third kappa shape index (κ3) is 18.8. The summed E-state index contributed by atoms with van der Waals surface area (Å²) in [6.45, 7) is -3.01. The van der Waals surface area contributed by atoms with Gasteiger partial charge in [0.1, 0.15) is 0 Å². The minimum Gasteiger partial charge on any atom is -0.396 e. The smallest absolute Gasteiger partial charge is 0.0629 e. The number of ether oxygens (including phenoxy) is 1. The van der Waals surface area contributed by atoms with Crippen molar-refractivity contribution in [2.45, 2.75) is 0 Å². The van der Waals surface area contributed by atoms with Gasteiger partial charge in [0.2, 0.25) is 0 Å².